The average Bonchev–Trinajstić information content (AvgIpc) is 2.84. The molecule has 0 spiro atoms. The zero-order chi connectivity index (χ0) is 16.7. The second-order valence-electron chi connectivity index (χ2n) is 5.19. The molecule has 0 bridgehead atoms. The van der Waals surface area contributed by atoms with E-state index in [9.17, 15) is 9.59 Å². The van der Waals surface area contributed by atoms with E-state index in [1.165, 1.54) is 15.9 Å². The third-order valence-electron chi connectivity index (χ3n) is 3.72. The summed E-state index contributed by atoms with van der Waals surface area (Å²) in [5.74, 6) is 0.320. The molecule has 2 heterocycles. The predicted molar refractivity (Wildman–Crippen MR) is 93.7 cm³/mol. The summed E-state index contributed by atoms with van der Waals surface area (Å²) in [6.45, 7) is 3.53. The lowest BCUT2D eigenvalue weighted by molar-refractivity contribution is 0.103. The van der Waals surface area contributed by atoms with E-state index < -0.39 is 0 Å². The largest absolute Gasteiger partial charge is 0.320 e. The highest BCUT2D eigenvalue weighted by atomic mass is 35.5. The van der Waals surface area contributed by atoms with Crippen molar-refractivity contribution >= 4 is 44.7 Å². The summed E-state index contributed by atoms with van der Waals surface area (Å²) in [4.78, 5) is 30.4. The first-order valence-electron chi connectivity index (χ1n) is 6.92. The Hall–Kier alpha value is -2.18. The molecule has 1 aromatic carbocycles. The molecule has 0 aliphatic rings. The number of carbonyl (C=O) groups is 1. The summed E-state index contributed by atoms with van der Waals surface area (Å²) in [5.41, 5.74) is 1.04. The van der Waals surface area contributed by atoms with Crippen molar-refractivity contribution in [2.75, 3.05) is 5.32 Å². The zero-order valence-corrected chi connectivity index (χ0v) is 14.4. The van der Waals surface area contributed by atoms with Crippen molar-refractivity contribution < 1.29 is 4.79 Å². The van der Waals surface area contributed by atoms with Crippen LogP contribution in [0.4, 0.5) is 5.69 Å². The lowest BCUT2D eigenvalue weighted by Gasteiger charge is -2.06. The number of halogens is 1. The topological polar surface area (TPSA) is 64.0 Å². The molecule has 0 saturated heterocycles. The van der Waals surface area contributed by atoms with Gasteiger partial charge in [-0.2, -0.15) is 0 Å². The Balaban J connectivity index is 2.09. The van der Waals surface area contributed by atoms with Crippen LogP contribution in [0.2, 0.25) is 5.02 Å². The molecular weight excluding hydrogens is 334 g/mol. The van der Waals surface area contributed by atoms with Crippen molar-refractivity contribution in [3.8, 4) is 0 Å². The fourth-order valence-electron chi connectivity index (χ4n) is 2.32. The van der Waals surface area contributed by atoms with Gasteiger partial charge >= 0.3 is 0 Å². The molecule has 3 aromatic rings. The maximum absolute atomic E-state index is 12.5. The maximum atomic E-state index is 12.5. The van der Waals surface area contributed by atoms with E-state index >= 15 is 0 Å². The van der Waals surface area contributed by atoms with Gasteiger partial charge in [-0.25, -0.2) is 4.98 Å². The van der Waals surface area contributed by atoms with Crippen molar-refractivity contribution in [1.29, 1.82) is 0 Å². The molecule has 0 unspecified atom stereocenters. The molecule has 0 atom stereocenters. The standard InChI is InChI=1S/C16H14ClN3O2S/c1-8-12-15(18-9(2)20(3)16(12)22)23-13(8)14(21)19-11-7-5-4-6-10(11)17/h4-7H,1-3H3,(H,19,21). The predicted octanol–water partition coefficient (Wildman–Crippen LogP) is 3.52. The minimum Gasteiger partial charge on any atom is -0.320 e. The Morgan fingerprint density at radius 3 is 2.70 bits per heavy atom. The van der Waals surface area contributed by atoms with Crippen LogP contribution in [0, 0.1) is 13.8 Å². The molecule has 1 N–H and O–H groups in total. The van der Waals surface area contributed by atoms with Crippen LogP contribution in [0.3, 0.4) is 0 Å². The van der Waals surface area contributed by atoms with Gasteiger partial charge in [0, 0.05) is 7.05 Å². The lowest BCUT2D eigenvalue weighted by atomic mass is 10.2. The maximum Gasteiger partial charge on any atom is 0.266 e. The second-order valence-corrected chi connectivity index (χ2v) is 6.60. The van der Waals surface area contributed by atoms with E-state index in [1.54, 1.807) is 45.2 Å². The Morgan fingerprint density at radius 1 is 1.30 bits per heavy atom. The van der Waals surface area contributed by atoms with Crippen molar-refractivity contribution in [2.24, 2.45) is 7.05 Å². The van der Waals surface area contributed by atoms with Gasteiger partial charge in [-0.3, -0.25) is 14.2 Å². The van der Waals surface area contributed by atoms with E-state index in [0.717, 1.165) is 0 Å². The number of thiophene rings is 1. The number of benzene rings is 1. The summed E-state index contributed by atoms with van der Waals surface area (Å²) in [7, 11) is 1.67. The minimum atomic E-state index is -0.293. The number of anilines is 1. The number of nitrogens with one attached hydrogen (secondary N) is 1. The smallest absolute Gasteiger partial charge is 0.266 e. The monoisotopic (exact) mass is 347 g/mol. The van der Waals surface area contributed by atoms with Crippen LogP contribution in [-0.2, 0) is 7.05 Å². The molecule has 0 saturated carbocycles. The van der Waals surface area contributed by atoms with Crippen LogP contribution in [0.5, 0.6) is 0 Å². The number of aryl methyl sites for hydroxylation is 2. The van der Waals surface area contributed by atoms with Crippen molar-refractivity contribution in [3.05, 3.63) is 55.9 Å². The number of para-hydroxylation sites is 1. The fraction of sp³-hybridized carbons (Fsp3) is 0.188. The number of fused-ring (bicyclic) bond motifs is 1. The highest BCUT2D eigenvalue weighted by molar-refractivity contribution is 7.20. The molecule has 0 aliphatic carbocycles. The summed E-state index contributed by atoms with van der Waals surface area (Å²) in [6, 6.07) is 7.01. The van der Waals surface area contributed by atoms with E-state index in [-0.39, 0.29) is 11.5 Å². The Labute approximate surface area is 141 Å². The van der Waals surface area contributed by atoms with Gasteiger partial charge in [0.2, 0.25) is 0 Å². The molecule has 0 radical (unpaired) electrons. The number of carbonyl (C=O) groups excluding carboxylic acids is 1. The Morgan fingerprint density at radius 2 is 2.00 bits per heavy atom. The molecular formula is C16H14ClN3O2S. The quantitative estimate of drug-likeness (QED) is 0.771. The molecule has 5 nitrogen and oxygen atoms in total. The van der Waals surface area contributed by atoms with Gasteiger partial charge in [-0.1, -0.05) is 23.7 Å². The first-order valence-corrected chi connectivity index (χ1v) is 8.12. The number of hydrogen-bond acceptors (Lipinski definition) is 4. The van der Waals surface area contributed by atoms with Crippen molar-refractivity contribution in [1.82, 2.24) is 9.55 Å². The third-order valence-corrected chi connectivity index (χ3v) is 5.24. The summed E-state index contributed by atoms with van der Waals surface area (Å²) >= 11 is 7.28. The summed E-state index contributed by atoms with van der Waals surface area (Å²) < 4.78 is 1.48. The van der Waals surface area contributed by atoms with Gasteiger partial charge in [0.05, 0.1) is 21.0 Å². The molecule has 23 heavy (non-hydrogen) atoms. The van der Waals surface area contributed by atoms with E-state index in [1.807, 2.05) is 0 Å². The molecule has 2 aromatic heterocycles. The normalized spacial score (nSPS) is 11.0. The van der Waals surface area contributed by atoms with Crippen LogP contribution in [-0.4, -0.2) is 15.5 Å². The van der Waals surface area contributed by atoms with Crippen LogP contribution < -0.4 is 10.9 Å². The number of amides is 1. The molecule has 0 fully saturated rings. The van der Waals surface area contributed by atoms with Crippen molar-refractivity contribution in [3.63, 3.8) is 0 Å². The molecule has 7 heteroatoms. The van der Waals surface area contributed by atoms with Gasteiger partial charge in [-0.05, 0) is 31.5 Å². The Kier molecular flexibility index (Phi) is 3.95. The van der Waals surface area contributed by atoms with Gasteiger partial charge < -0.3 is 5.32 Å². The highest BCUT2D eigenvalue weighted by Gasteiger charge is 2.20. The first-order chi connectivity index (χ1) is 10.9. The molecule has 1 amide bonds. The minimum absolute atomic E-state index is 0.141. The fourth-order valence-corrected chi connectivity index (χ4v) is 3.62. The average molecular weight is 348 g/mol. The van der Waals surface area contributed by atoms with Gasteiger partial charge in [0.1, 0.15) is 10.7 Å². The van der Waals surface area contributed by atoms with Crippen LogP contribution in [0.15, 0.2) is 29.1 Å². The first kappa shape index (κ1) is 15.7. The second kappa shape index (κ2) is 5.79. The molecule has 118 valence electrons. The molecule has 3 rings (SSSR count). The van der Waals surface area contributed by atoms with E-state index in [2.05, 4.69) is 10.3 Å². The number of aromatic nitrogens is 2. The van der Waals surface area contributed by atoms with E-state index in [0.29, 0.717) is 37.2 Å². The highest BCUT2D eigenvalue weighted by Crippen LogP contribution is 2.29. The van der Waals surface area contributed by atoms with E-state index in [4.69, 9.17) is 11.6 Å². The third kappa shape index (κ3) is 2.64. The van der Waals surface area contributed by atoms with Gasteiger partial charge in [-0.15, -0.1) is 11.3 Å². The van der Waals surface area contributed by atoms with Crippen LogP contribution in [0.25, 0.3) is 10.2 Å². The van der Waals surface area contributed by atoms with Crippen LogP contribution in [0.1, 0.15) is 21.1 Å². The number of hydrogen-bond donors (Lipinski definition) is 1. The number of nitrogens with zero attached hydrogens (tertiary/aromatic N) is 2. The summed E-state index contributed by atoms with van der Waals surface area (Å²) in [6.07, 6.45) is 0. The lowest BCUT2D eigenvalue weighted by Crippen LogP contribution is -2.20. The zero-order valence-electron chi connectivity index (χ0n) is 12.8. The summed E-state index contributed by atoms with van der Waals surface area (Å²) in [5, 5.41) is 3.74. The Bertz CT molecular complexity index is 991. The SMILES string of the molecule is Cc1c(C(=O)Nc2ccccc2Cl)sc2nc(C)n(C)c(=O)c12. The number of rotatable bonds is 2. The van der Waals surface area contributed by atoms with Crippen molar-refractivity contribution in [2.45, 2.75) is 13.8 Å². The molecule has 0 aliphatic heterocycles. The van der Waals surface area contributed by atoms with Gasteiger partial charge in [0.25, 0.3) is 11.5 Å². The van der Waals surface area contributed by atoms with Crippen LogP contribution >= 0.6 is 22.9 Å². The van der Waals surface area contributed by atoms with Gasteiger partial charge in [0.15, 0.2) is 0 Å².